The van der Waals surface area contributed by atoms with Crippen LogP contribution < -0.4 is 14.8 Å². The van der Waals surface area contributed by atoms with Crippen molar-refractivity contribution in [2.75, 3.05) is 14.2 Å². The first-order chi connectivity index (χ1) is 10.2. The summed E-state index contributed by atoms with van der Waals surface area (Å²) in [4.78, 5) is 5.45. The SMILES string of the molecule is CNCc1c(Oc2ccc(OC)cc2Br)nc2sccn12. The van der Waals surface area contributed by atoms with Crippen LogP contribution in [0.5, 0.6) is 17.4 Å². The quantitative estimate of drug-likeness (QED) is 0.747. The molecule has 7 heteroatoms. The van der Waals surface area contributed by atoms with Gasteiger partial charge in [0, 0.05) is 18.1 Å². The fraction of sp³-hybridized carbons (Fsp3) is 0.214. The molecule has 0 bridgehead atoms. The number of hydrogen-bond acceptors (Lipinski definition) is 5. The first kappa shape index (κ1) is 14.4. The van der Waals surface area contributed by atoms with E-state index in [1.165, 1.54) is 0 Å². The maximum Gasteiger partial charge on any atom is 0.243 e. The van der Waals surface area contributed by atoms with Crippen molar-refractivity contribution in [3.8, 4) is 17.4 Å². The number of fused-ring (bicyclic) bond motifs is 1. The summed E-state index contributed by atoms with van der Waals surface area (Å²) in [6, 6.07) is 5.58. The van der Waals surface area contributed by atoms with Crippen LogP contribution >= 0.6 is 27.3 Å². The van der Waals surface area contributed by atoms with Gasteiger partial charge in [0.2, 0.25) is 5.88 Å². The highest BCUT2D eigenvalue weighted by atomic mass is 79.9. The number of ether oxygens (including phenoxy) is 2. The zero-order valence-corrected chi connectivity index (χ0v) is 14.0. The van der Waals surface area contributed by atoms with Crippen molar-refractivity contribution in [3.05, 3.63) is 39.9 Å². The Kier molecular flexibility index (Phi) is 4.14. The number of thiazole rings is 1. The van der Waals surface area contributed by atoms with Crippen LogP contribution in [0.2, 0.25) is 0 Å². The van der Waals surface area contributed by atoms with Crippen molar-refractivity contribution in [2.24, 2.45) is 0 Å². The zero-order chi connectivity index (χ0) is 14.8. The second-order valence-corrected chi connectivity index (χ2v) is 6.08. The van der Waals surface area contributed by atoms with E-state index in [1.807, 2.05) is 41.2 Å². The number of imidazole rings is 1. The largest absolute Gasteiger partial charge is 0.497 e. The van der Waals surface area contributed by atoms with Gasteiger partial charge in [0.1, 0.15) is 17.2 Å². The molecule has 1 N–H and O–H groups in total. The maximum absolute atomic E-state index is 5.97. The average Bonchev–Trinajstić information content (AvgIpc) is 3.04. The van der Waals surface area contributed by atoms with E-state index in [1.54, 1.807) is 18.4 Å². The highest BCUT2D eigenvalue weighted by Crippen LogP contribution is 2.34. The molecular weight excluding hydrogens is 354 g/mol. The van der Waals surface area contributed by atoms with Crippen molar-refractivity contribution in [1.82, 2.24) is 14.7 Å². The number of hydrogen-bond donors (Lipinski definition) is 1. The van der Waals surface area contributed by atoms with Crippen molar-refractivity contribution < 1.29 is 9.47 Å². The van der Waals surface area contributed by atoms with Crippen molar-refractivity contribution in [3.63, 3.8) is 0 Å². The summed E-state index contributed by atoms with van der Waals surface area (Å²) in [5, 5.41) is 5.15. The number of rotatable bonds is 5. The van der Waals surface area contributed by atoms with E-state index in [2.05, 4.69) is 26.2 Å². The fourth-order valence-corrected chi connectivity index (χ4v) is 3.18. The Morgan fingerprint density at radius 1 is 1.43 bits per heavy atom. The minimum atomic E-state index is 0.613. The van der Waals surface area contributed by atoms with Gasteiger partial charge in [-0.15, -0.1) is 11.3 Å². The Morgan fingerprint density at radius 3 is 3.00 bits per heavy atom. The van der Waals surface area contributed by atoms with Gasteiger partial charge >= 0.3 is 0 Å². The van der Waals surface area contributed by atoms with E-state index in [4.69, 9.17) is 9.47 Å². The summed E-state index contributed by atoms with van der Waals surface area (Å²) >= 11 is 5.07. The van der Waals surface area contributed by atoms with Crippen molar-refractivity contribution in [2.45, 2.75) is 6.54 Å². The number of aromatic nitrogens is 2. The molecule has 110 valence electrons. The van der Waals surface area contributed by atoms with Crippen LogP contribution in [0.15, 0.2) is 34.2 Å². The van der Waals surface area contributed by atoms with Crippen LogP contribution in [0.25, 0.3) is 4.96 Å². The molecule has 0 aliphatic rings. The molecule has 0 spiro atoms. The van der Waals surface area contributed by atoms with Gasteiger partial charge < -0.3 is 14.8 Å². The van der Waals surface area contributed by atoms with Gasteiger partial charge in [0.05, 0.1) is 11.6 Å². The standard InChI is InChI=1S/C14H14BrN3O2S/c1-16-8-11-13(17-14-18(11)5-6-21-14)20-12-4-3-9(19-2)7-10(12)15/h3-7,16H,8H2,1-2H3. The molecule has 0 saturated carbocycles. The smallest absolute Gasteiger partial charge is 0.243 e. The van der Waals surface area contributed by atoms with Gasteiger partial charge in [-0.05, 0) is 41.2 Å². The van der Waals surface area contributed by atoms with Crippen LogP contribution in [0.1, 0.15) is 5.69 Å². The van der Waals surface area contributed by atoms with Gasteiger partial charge in [-0.2, -0.15) is 4.98 Å². The zero-order valence-electron chi connectivity index (χ0n) is 11.6. The molecule has 0 amide bonds. The monoisotopic (exact) mass is 367 g/mol. The third-order valence-electron chi connectivity index (χ3n) is 3.01. The summed E-state index contributed by atoms with van der Waals surface area (Å²) in [6.45, 7) is 0.682. The van der Waals surface area contributed by atoms with Gasteiger partial charge in [0.15, 0.2) is 4.96 Å². The summed E-state index contributed by atoms with van der Waals surface area (Å²) in [7, 11) is 3.54. The molecule has 2 heterocycles. The fourth-order valence-electron chi connectivity index (χ4n) is 2.02. The highest BCUT2D eigenvalue weighted by molar-refractivity contribution is 9.10. The van der Waals surface area contributed by atoms with Crippen LogP contribution in [0.3, 0.4) is 0 Å². The second kappa shape index (κ2) is 6.05. The molecule has 21 heavy (non-hydrogen) atoms. The molecule has 0 aliphatic heterocycles. The Morgan fingerprint density at radius 2 is 2.29 bits per heavy atom. The Hall–Kier alpha value is -1.57. The van der Waals surface area contributed by atoms with E-state index >= 15 is 0 Å². The van der Waals surface area contributed by atoms with Gasteiger partial charge in [-0.3, -0.25) is 4.40 Å². The topological polar surface area (TPSA) is 47.8 Å². The molecule has 0 radical (unpaired) electrons. The predicted octanol–water partition coefficient (Wildman–Crippen LogP) is 3.68. The Labute approximate surface area is 134 Å². The highest BCUT2D eigenvalue weighted by Gasteiger charge is 2.15. The van der Waals surface area contributed by atoms with Gasteiger partial charge in [-0.1, -0.05) is 0 Å². The summed E-state index contributed by atoms with van der Waals surface area (Å²) in [5.74, 6) is 2.09. The van der Waals surface area contributed by atoms with Crippen LogP contribution in [-0.4, -0.2) is 23.5 Å². The third kappa shape index (κ3) is 2.76. The molecule has 2 aromatic heterocycles. The van der Waals surface area contributed by atoms with Gasteiger partial charge in [0.25, 0.3) is 0 Å². The normalized spacial score (nSPS) is 11.0. The van der Waals surface area contributed by atoms with Crippen molar-refractivity contribution >= 4 is 32.2 Å². The predicted molar refractivity (Wildman–Crippen MR) is 86.6 cm³/mol. The first-order valence-corrected chi connectivity index (χ1v) is 8.00. The molecule has 0 atom stereocenters. The number of nitrogens with one attached hydrogen (secondary N) is 1. The van der Waals surface area contributed by atoms with Crippen molar-refractivity contribution in [1.29, 1.82) is 0 Å². The van der Waals surface area contributed by atoms with E-state index < -0.39 is 0 Å². The molecule has 0 unspecified atom stereocenters. The Bertz CT molecular complexity index is 769. The number of methoxy groups -OCH3 is 1. The Balaban J connectivity index is 1.97. The second-order valence-electron chi connectivity index (χ2n) is 4.35. The molecule has 0 aliphatic carbocycles. The van der Waals surface area contributed by atoms with Crippen LogP contribution in [0.4, 0.5) is 0 Å². The molecule has 0 fully saturated rings. The average molecular weight is 368 g/mol. The van der Waals surface area contributed by atoms with E-state index in [9.17, 15) is 0 Å². The summed E-state index contributed by atoms with van der Waals surface area (Å²) in [5.41, 5.74) is 0.997. The molecule has 3 aromatic rings. The number of benzene rings is 1. The summed E-state index contributed by atoms with van der Waals surface area (Å²) < 4.78 is 14.0. The summed E-state index contributed by atoms with van der Waals surface area (Å²) in [6.07, 6.45) is 2.00. The van der Waals surface area contributed by atoms with E-state index in [0.29, 0.717) is 18.2 Å². The maximum atomic E-state index is 5.97. The minimum Gasteiger partial charge on any atom is -0.497 e. The molecule has 1 aromatic carbocycles. The lowest BCUT2D eigenvalue weighted by atomic mass is 10.3. The lowest BCUT2D eigenvalue weighted by Crippen LogP contribution is -2.08. The molecule has 0 saturated heterocycles. The molecule has 3 rings (SSSR count). The number of nitrogens with zero attached hydrogens (tertiary/aromatic N) is 2. The molecule has 5 nitrogen and oxygen atoms in total. The number of halogens is 1. The van der Waals surface area contributed by atoms with Crippen LogP contribution in [0, 0.1) is 0 Å². The van der Waals surface area contributed by atoms with Gasteiger partial charge in [-0.25, -0.2) is 0 Å². The lowest BCUT2D eigenvalue weighted by molar-refractivity contribution is 0.411. The first-order valence-electron chi connectivity index (χ1n) is 6.33. The van der Waals surface area contributed by atoms with E-state index in [0.717, 1.165) is 20.9 Å². The minimum absolute atomic E-state index is 0.613. The third-order valence-corrected chi connectivity index (χ3v) is 4.39. The molecular formula is C14H14BrN3O2S. The lowest BCUT2D eigenvalue weighted by Gasteiger charge is -2.09. The van der Waals surface area contributed by atoms with Crippen LogP contribution in [-0.2, 0) is 6.54 Å². The van der Waals surface area contributed by atoms with E-state index in [-0.39, 0.29) is 0 Å².